The summed E-state index contributed by atoms with van der Waals surface area (Å²) in [5, 5.41) is 7.31. The van der Waals surface area contributed by atoms with Crippen molar-refractivity contribution in [1.82, 2.24) is 19.9 Å². The number of halogens is 1. The van der Waals surface area contributed by atoms with Gasteiger partial charge in [0.25, 0.3) is 0 Å². The average molecular weight is 374 g/mol. The first-order chi connectivity index (χ1) is 8.46. The van der Waals surface area contributed by atoms with Crippen LogP contribution in [0.4, 0.5) is 0 Å². The number of hydrogen-bond donors (Lipinski definition) is 2. The van der Waals surface area contributed by atoms with Gasteiger partial charge < -0.3 is 11.1 Å². The van der Waals surface area contributed by atoms with E-state index < -0.39 is 0 Å². The van der Waals surface area contributed by atoms with Crippen LogP contribution >= 0.6 is 24.0 Å². The van der Waals surface area contributed by atoms with Gasteiger partial charge in [0.1, 0.15) is 0 Å². The van der Waals surface area contributed by atoms with E-state index in [0.717, 1.165) is 11.3 Å². The maximum Gasteiger partial charge on any atom is 0.189 e. The number of aliphatic imine (C=N–C) groups is 1. The zero-order valence-corrected chi connectivity index (χ0v) is 13.6. The second-order valence-electron chi connectivity index (χ2n) is 5.11. The molecule has 3 N–H and O–H groups in total. The molecule has 2 heterocycles. The minimum absolute atomic E-state index is 0. The molecule has 0 saturated heterocycles. The van der Waals surface area contributed by atoms with Crippen molar-refractivity contribution < 1.29 is 0 Å². The lowest BCUT2D eigenvalue weighted by atomic mass is 10.1. The topological polar surface area (TPSA) is 80.6 Å². The number of nitrogens with one attached hydrogen (secondary N) is 1. The monoisotopic (exact) mass is 374 g/mol. The van der Waals surface area contributed by atoms with E-state index >= 15 is 0 Å². The SMILES string of the molecule is CC(C)(C)NC(N)=NCc1ccnc2ccnn12.I. The molecule has 0 aliphatic heterocycles. The molecule has 0 aromatic carbocycles. The average Bonchev–Trinajstić information content (AvgIpc) is 2.72. The summed E-state index contributed by atoms with van der Waals surface area (Å²) < 4.78 is 1.76. The van der Waals surface area contributed by atoms with Crippen molar-refractivity contribution in [1.29, 1.82) is 0 Å². The lowest BCUT2D eigenvalue weighted by molar-refractivity contribution is 0.508. The number of guanidine groups is 1. The van der Waals surface area contributed by atoms with Gasteiger partial charge in [0.2, 0.25) is 0 Å². The van der Waals surface area contributed by atoms with Crippen LogP contribution in [0, 0.1) is 0 Å². The van der Waals surface area contributed by atoms with Gasteiger partial charge in [-0.2, -0.15) is 5.10 Å². The molecule has 0 amide bonds. The standard InChI is InChI=1S/C12H18N6.HI/c1-12(2,3)17-11(13)15-8-9-4-6-14-10-5-7-16-18(9)10;/h4-7H,8H2,1-3H3,(H3,13,15,17);1H. The molecule has 2 rings (SSSR count). The van der Waals surface area contributed by atoms with Crippen molar-refractivity contribution in [2.24, 2.45) is 10.7 Å². The lowest BCUT2D eigenvalue weighted by Gasteiger charge is -2.20. The van der Waals surface area contributed by atoms with Gasteiger partial charge in [0.05, 0.1) is 18.4 Å². The minimum atomic E-state index is -0.0904. The van der Waals surface area contributed by atoms with Gasteiger partial charge in [0.15, 0.2) is 11.6 Å². The van der Waals surface area contributed by atoms with Crippen molar-refractivity contribution in [2.45, 2.75) is 32.9 Å². The van der Waals surface area contributed by atoms with Crippen molar-refractivity contribution in [3.63, 3.8) is 0 Å². The summed E-state index contributed by atoms with van der Waals surface area (Å²) in [5.41, 5.74) is 7.49. The molecule has 0 aliphatic rings. The van der Waals surface area contributed by atoms with Gasteiger partial charge in [-0.25, -0.2) is 14.5 Å². The molecule has 2 aromatic rings. The Labute approximate surface area is 129 Å². The largest absolute Gasteiger partial charge is 0.370 e. The third-order valence-corrected chi connectivity index (χ3v) is 2.28. The summed E-state index contributed by atoms with van der Waals surface area (Å²) in [6.07, 6.45) is 3.46. The van der Waals surface area contributed by atoms with Crippen molar-refractivity contribution >= 4 is 35.6 Å². The molecule has 19 heavy (non-hydrogen) atoms. The van der Waals surface area contributed by atoms with Gasteiger partial charge in [-0.15, -0.1) is 24.0 Å². The molecule has 0 saturated carbocycles. The second-order valence-corrected chi connectivity index (χ2v) is 5.11. The summed E-state index contributed by atoms with van der Waals surface area (Å²) in [5.74, 6) is 0.430. The molecule has 0 fully saturated rings. The fraction of sp³-hybridized carbons (Fsp3) is 0.417. The van der Waals surface area contributed by atoms with Gasteiger partial charge >= 0.3 is 0 Å². The van der Waals surface area contributed by atoms with Crippen LogP contribution < -0.4 is 11.1 Å². The maximum atomic E-state index is 5.82. The summed E-state index contributed by atoms with van der Waals surface area (Å²) in [6, 6.07) is 3.73. The molecule has 0 unspecified atom stereocenters. The molecule has 0 aliphatic carbocycles. The summed E-state index contributed by atoms with van der Waals surface area (Å²) in [4.78, 5) is 8.50. The molecular weight excluding hydrogens is 355 g/mol. The molecule has 0 atom stereocenters. The molecular formula is C12H19IN6. The summed E-state index contributed by atoms with van der Waals surface area (Å²) >= 11 is 0. The van der Waals surface area contributed by atoms with Crippen molar-refractivity contribution in [2.75, 3.05) is 0 Å². The van der Waals surface area contributed by atoms with Crippen LogP contribution in [0.1, 0.15) is 26.5 Å². The number of nitrogens with two attached hydrogens (primary N) is 1. The minimum Gasteiger partial charge on any atom is -0.370 e. The predicted octanol–water partition coefficient (Wildman–Crippen LogP) is 1.55. The first-order valence-corrected chi connectivity index (χ1v) is 5.81. The quantitative estimate of drug-likeness (QED) is 0.475. The number of fused-ring (bicyclic) bond motifs is 1. The van der Waals surface area contributed by atoms with E-state index in [9.17, 15) is 0 Å². The molecule has 6 nitrogen and oxygen atoms in total. The summed E-state index contributed by atoms with van der Waals surface area (Å²) in [6.45, 7) is 6.57. The highest BCUT2D eigenvalue weighted by Crippen LogP contribution is 2.04. The van der Waals surface area contributed by atoms with Gasteiger partial charge in [-0.1, -0.05) is 0 Å². The van der Waals surface area contributed by atoms with E-state index in [4.69, 9.17) is 5.73 Å². The van der Waals surface area contributed by atoms with Crippen LogP contribution in [0.15, 0.2) is 29.5 Å². The van der Waals surface area contributed by atoms with Crippen LogP contribution in [0.3, 0.4) is 0 Å². The fourth-order valence-corrected chi connectivity index (χ4v) is 1.60. The highest BCUT2D eigenvalue weighted by atomic mass is 127. The molecule has 104 valence electrons. The Balaban J connectivity index is 0.00000180. The van der Waals surface area contributed by atoms with Crippen LogP contribution in [0.25, 0.3) is 5.65 Å². The Bertz CT molecular complexity index is 569. The second kappa shape index (κ2) is 6.18. The van der Waals surface area contributed by atoms with Gasteiger partial charge in [0, 0.05) is 17.8 Å². The van der Waals surface area contributed by atoms with Crippen LogP contribution in [0.2, 0.25) is 0 Å². The Kier molecular flexibility index (Phi) is 5.10. The third-order valence-electron chi connectivity index (χ3n) is 2.28. The summed E-state index contributed by atoms with van der Waals surface area (Å²) in [7, 11) is 0. The van der Waals surface area contributed by atoms with Crippen LogP contribution in [0.5, 0.6) is 0 Å². The lowest BCUT2D eigenvalue weighted by Crippen LogP contribution is -2.45. The number of hydrogen-bond acceptors (Lipinski definition) is 3. The maximum absolute atomic E-state index is 5.82. The predicted molar refractivity (Wildman–Crippen MR) is 86.6 cm³/mol. The van der Waals surface area contributed by atoms with E-state index in [1.165, 1.54) is 0 Å². The van der Waals surface area contributed by atoms with Crippen molar-refractivity contribution in [3.05, 3.63) is 30.2 Å². The number of aromatic nitrogens is 3. The normalized spacial score (nSPS) is 12.3. The van der Waals surface area contributed by atoms with E-state index in [1.54, 1.807) is 16.9 Å². The smallest absolute Gasteiger partial charge is 0.189 e. The van der Waals surface area contributed by atoms with E-state index in [1.807, 2.05) is 32.9 Å². The van der Waals surface area contributed by atoms with Gasteiger partial charge in [-0.3, -0.25) is 0 Å². The van der Waals surface area contributed by atoms with Crippen LogP contribution in [-0.2, 0) is 6.54 Å². The highest BCUT2D eigenvalue weighted by molar-refractivity contribution is 14.0. The first-order valence-electron chi connectivity index (χ1n) is 5.81. The first kappa shape index (κ1) is 15.7. The fourth-order valence-electron chi connectivity index (χ4n) is 1.60. The Morgan fingerprint density at radius 3 is 2.79 bits per heavy atom. The Morgan fingerprint density at radius 1 is 1.37 bits per heavy atom. The Morgan fingerprint density at radius 2 is 2.11 bits per heavy atom. The zero-order chi connectivity index (χ0) is 13.2. The zero-order valence-electron chi connectivity index (χ0n) is 11.3. The van der Waals surface area contributed by atoms with E-state index in [0.29, 0.717) is 12.5 Å². The Hall–Kier alpha value is -1.38. The van der Waals surface area contributed by atoms with Gasteiger partial charge in [-0.05, 0) is 26.8 Å². The molecule has 0 bridgehead atoms. The van der Waals surface area contributed by atoms with E-state index in [-0.39, 0.29) is 29.5 Å². The van der Waals surface area contributed by atoms with Crippen LogP contribution in [-0.4, -0.2) is 26.1 Å². The number of rotatable bonds is 2. The number of nitrogens with zero attached hydrogens (tertiary/aromatic N) is 4. The molecule has 2 aromatic heterocycles. The van der Waals surface area contributed by atoms with E-state index in [2.05, 4.69) is 20.4 Å². The molecule has 0 radical (unpaired) electrons. The molecule has 7 heteroatoms. The highest BCUT2D eigenvalue weighted by Gasteiger charge is 2.09. The molecule has 0 spiro atoms. The van der Waals surface area contributed by atoms with Crippen molar-refractivity contribution in [3.8, 4) is 0 Å². The third kappa shape index (κ3) is 4.34.